The Morgan fingerprint density at radius 1 is 0.920 bits per heavy atom. The highest BCUT2D eigenvalue weighted by molar-refractivity contribution is 5.83. The molecule has 0 aromatic carbocycles. The van der Waals surface area contributed by atoms with Gasteiger partial charge in [-0.05, 0) is 90.8 Å². The van der Waals surface area contributed by atoms with Crippen LogP contribution in [0.2, 0.25) is 0 Å². The average Bonchev–Trinajstić information content (AvgIpc) is 3.34. The summed E-state index contributed by atoms with van der Waals surface area (Å²) in [5.74, 6) is 7.12. The summed E-state index contributed by atoms with van der Waals surface area (Å²) < 4.78 is 5.56. The molecule has 3 heteroatoms. The van der Waals surface area contributed by atoms with Gasteiger partial charge in [0.25, 0.3) is 0 Å². The summed E-state index contributed by atoms with van der Waals surface area (Å²) in [4.78, 5) is 13.6. The molecule has 9 rings (SSSR count). The fourth-order valence-corrected chi connectivity index (χ4v) is 13.0. The van der Waals surface area contributed by atoms with Crippen molar-refractivity contribution >= 4 is 5.97 Å². The zero-order chi connectivity index (χ0) is 16.7. The Kier molecular flexibility index (Phi) is 1.81. The molecule has 0 aromatic heterocycles. The van der Waals surface area contributed by atoms with Gasteiger partial charge in [0.1, 0.15) is 5.41 Å². The highest BCUT2D eigenvalue weighted by atomic mass is 16.5. The summed E-state index contributed by atoms with van der Waals surface area (Å²) in [7, 11) is 1.58. The van der Waals surface area contributed by atoms with Gasteiger partial charge in [0.2, 0.25) is 0 Å². The van der Waals surface area contributed by atoms with E-state index in [0.717, 1.165) is 29.6 Å². The number of carbonyl (C=O) groups is 1. The van der Waals surface area contributed by atoms with Crippen LogP contribution in [0, 0.1) is 75.9 Å². The van der Waals surface area contributed by atoms with Crippen LogP contribution in [0.5, 0.6) is 0 Å². The topological polar surface area (TPSA) is 46.5 Å². The average molecular weight is 340 g/mol. The molecule has 9 fully saturated rings. The largest absolute Gasteiger partial charge is 0.468 e. The SMILES string of the molecule is COC(=O)[C@@]12[C@@H]3[C@H]4CC[C@@H]5[C@@H]4[C@@H]4[C@@H]3[C@@H]3[C@H]([C@H]6CCC[C@H]6[C@@H]31)[C@]4(C)[C@@]52O. The van der Waals surface area contributed by atoms with Crippen molar-refractivity contribution in [2.24, 2.45) is 75.9 Å². The smallest absolute Gasteiger partial charge is 0.315 e. The van der Waals surface area contributed by atoms with E-state index in [1.165, 1.54) is 32.1 Å². The number of carbonyl (C=O) groups excluding carboxylic acids is 1. The lowest BCUT2D eigenvalue weighted by molar-refractivity contribution is -0.262. The molecule has 0 heterocycles. The first-order valence-corrected chi connectivity index (χ1v) is 10.9. The molecule has 9 aliphatic rings. The Balaban J connectivity index is 1.53. The van der Waals surface area contributed by atoms with Gasteiger partial charge in [-0.2, -0.15) is 0 Å². The first-order chi connectivity index (χ1) is 12.1. The molecule has 9 aliphatic carbocycles. The van der Waals surface area contributed by atoms with Crippen LogP contribution in [0.1, 0.15) is 39.0 Å². The van der Waals surface area contributed by atoms with Crippen molar-refractivity contribution in [1.82, 2.24) is 0 Å². The molecular formula is C22H28O3. The highest BCUT2D eigenvalue weighted by Gasteiger charge is 3.01. The van der Waals surface area contributed by atoms with Crippen molar-refractivity contribution in [3.05, 3.63) is 0 Å². The fraction of sp³-hybridized carbons (Fsp3) is 0.955. The van der Waals surface area contributed by atoms with E-state index in [0.29, 0.717) is 35.5 Å². The zero-order valence-electron chi connectivity index (χ0n) is 15.2. The van der Waals surface area contributed by atoms with Gasteiger partial charge < -0.3 is 9.84 Å². The molecule has 0 radical (unpaired) electrons. The van der Waals surface area contributed by atoms with Gasteiger partial charge in [-0.1, -0.05) is 13.3 Å². The molecule has 0 aromatic rings. The monoisotopic (exact) mass is 340 g/mol. The van der Waals surface area contributed by atoms with Gasteiger partial charge in [0, 0.05) is 5.41 Å². The van der Waals surface area contributed by atoms with E-state index in [1.807, 2.05) is 0 Å². The van der Waals surface area contributed by atoms with Crippen molar-refractivity contribution < 1.29 is 14.6 Å². The maximum atomic E-state index is 13.6. The number of hydrogen-bond donors (Lipinski definition) is 1. The third-order valence-electron chi connectivity index (χ3n) is 12.2. The summed E-state index contributed by atoms with van der Waals surface area (Å²) in [5, 5.41) is 12.6. The van der Waals surface area contributed by atoms with E-state index in [2.05, 4.69) is 6.92 Å². The predicted octanol–water partition coefficient (Wildman–Crippen LogP) is 2.72. The number of fused-ring (bicyclic) bond motifs is 1. The van der Waals surface area contributed by atoms with Crippen molar-refractivity contribution in [3.63, 3.8) is 0 Å². The summed E-state index contributed by atoms with van der Waals surface area (Å²) in [6.07, 6.45) is 6.43. The standard InChI is InChI=1S/C22H28O3/c1-20-15-8-4-3-5-9(8)16-13(15)14-17-10-6-7-11(12(10)18(14)20)22(20,24)21(16,17)19(23)25-2/h8-18,24H,3-7H2,1-2H3/t8-,9+,10-,11+,12+,13+,14+,15-,16-,17+,18+,20-,21-,22-/m0/s1. The lowest BCUT2D eigenvalue weighted by Gasteiger charge is -2.62. The van der Waals surface area contributed by atoms with Gasteiger partial charge in [0.05, 0.1) is 12.7 Å². The molecule has 0 saturated heterocycles. The number of hydrogen-bond acceptors (Lipinski definition) is 3. The van der Waals surface area contributed by atoms with Gasteiger partial charge >= 0.3 is 5.97 Å². The Morgan fingerprint density at radius 2 is 1.60 bits per heavy atom. The lowest BCUT2D eigenvalue weighted by Crippen LogP contribution is -2.72. The number of ether oxygens (including phenoxy) is 1. The molecule has 3 nitrogen and oxygen atoms in total. The molecule has 1 N–H and O–H groups in total. The quantitative estimate of drug-likeness (QED) is 0.747. The first-order valence-electron chi connectivity index (χ1n) is 10.9. The minimum Gasteiger partial charge on any atom is -0.468 e. The summed E-state index contributed by atoms with van der Waals surface area (Å²) >= 11 is 0. The van der Waals surface area contributed by atoms with Crippen LogP contribution in [0.25, 0.3) is 0 Å². The number of rotatable bonds is 1. The van der Waals surface area contributed by atoms with Crippen LogP contribution < -0.4 is 0 Å². The highest BCUT2D eigenvalue weighted by Crippen LogP contribution is 2.98. The normalized spacial score (nSPS) is 76.8. The van der Waals surface area contributed by atoms with Crippen LogP contribution in [-0.4, -0.2) is 23.8 Å². The van der Waals surface area contributed by atoms with Crippen LogP contribution in [0.3, 0.4) is 0 Å². The molecule has 14 atom stereocenters. The minimum atomic E-state index is -0.761. The second kappa shape index (κ2) is 3.34. The third kappa shape index (κ3) is 0.822. The Morgan fingerprint density at radius 3 is 2.36 bits per heavy atom. The molecule has 0 aliphatic heterocycles. The summed E-state index contributed by atoms with van der Waals surface area (Å²) in [6, 6.07) is 0. The second-order valence-corrected chi connectivity index (χ2v) is 11.4. The van der Waals surface area contributed by atoms with E-state index in [1.54, 1.807) is 7.11 Å². The Bertz CT molecular complexity index is 762. The second-order valence-electron chi connectivity index (χ2n) is 11.4. The van der Waals surface area contributed by atoms with Crippen LogP contribution in [-0.2, 0) is 9.53 Å². The van der Waals surface area contributed by atoms with Crippen molar-refractivity contribution in [1.29, 1.82) is 0 Å². The molecule has 25 heavy (non-hydrogen) atoms. The van der Waals surface area contributed by atoms with Gasteiger partial charge in [0.15, 0.2) is 0 Å². The Labute approximate surface area is 148 Å². The lowest BCUT2D eigenvalue weighted by atomic mass is 9.43. The third-order valence-corrected chi connectivity index (χ3v) is 12.2. The maximum absolute atomic E-state index is 13.6. The van der Waals surface area contributed by atoms with E-state index < -0.39 is 11.0 Å². The minimum absolute atomic E-state index is 0.00220. The molecule has 134 valence electrons. The number of esters is 1. The maximum Gasteiger partial charge on any atom is 0.315 e. The van der Waals surface area contributed by atoms with Gasteiger partial charge in [-0.3, -0.25) is 4.79 Å². The molecule has 0 amide bonds. The number of methoxy groups -OCH3 is 1. The zero-order valence-corrected chi connectivity index (χ0v) is 15.2. The van der Waals surface area contributed by atoms with Crippen molar-refractivity contribution in [2.45, 2.75) is 44.6 Å². The Hall–Kier alpha value is -0.570. The van der Waals surface area contributed by atoms with Crippen molar-refractivity contribution in [3.8, 4) is 0 Å². The van der Waals surface area contributed by atoms with Crippen LogP contribution >= 0.6 is 0 Å². The molecule has 9 bridgehead atoms. The summed E-state index contributed by atoms with van der Waals surface area (Å²) in [5.41, 5.74) is -1.30. The van der Waals surface area contributed by atoms with Crippen molar-refractivity contribution in [2.75, 3.05) is 7.11 Å². The first kappa shape index (κ1) is 13.6. The molecular weight excluding hydrogens is 312 g/mol. The van der Waals surface area contributed by atoms with E-state index >= 15 is 0 Å². The summed E-state index contributed by atoms with van der Waals surface area (Å²) in [6.45, 7) is 2.45. The number of aliphatic hydroxyl groups is 1. The molecule has 9 saturated carbocycles. The molecule has 0 unspecified atom stereocenters. The van der Waals surface area contributed by atoms with Crippen LogP contribution in [0.15, 0.2) is 0 Å². The predicted molar refractivity (Wildman–Crippen MR) is 89.0 cm³/mol. The van der Waals surface area contributed by atoms with Gasteiger partial charge in [-0.15, -0.1) is 0 Å². The van der Waals surface area contributed by atoms with Crippen LogP contribution in [0.4, 0.5) is 0 Å². The fourth-order valence-electron chi connectivity index (χ4n) is 13.0. The molecule has 0 spiro atoms. The van der Waals surface area contributed by atoms with E-state index in [9.17, 15) is 9.90 Å². The van der Waals surface area contributed by atoms with Gasteiger partial charge in [-0.25, -0.2) is 0 Å². The van der Waals surface area contributed by atoms with E-state index in [4.69, 9.17) is 4.74 Å². The van der Waals surface area contributed by atoms with E-state index in [-0.39, 0.29) is 11.4 Å².